The molecular weight excluding hydrogens is 196 g/mol. The number of rotatable bonds is 3. The van der Waals surface area contributed by atoms with Crippen LogP contribution in [0.3, 0.4) is 0 Å². The number of carbonyl (C=O) groups is 1. The Bertz CT molecular complexity index is 227. The molecule has 0 aromatic heterocycles. The van der Waals surface area contributed by atoms with Gasteiger partial charge in [-0.1, -0.05) is 0 Å². The smallest absolute Gasteiger partial charge is 0.409 e. The Morgan fingerprint density at radius 3 is 2.60 bits per heavy atom. The lowest BCUT2D eigenvalue weighted by atomic mass is 10.1. The van der Waals surface area contributed by atoms with Gasteiger partial charge in [-0.2, -0.15) is 0 Å². The normalized spacial score (nSPS) is 24.6. The molecule has 5 heteroatoms. The van der Waals surface area contributed by atoms with Crippen LogP contribution < -0.4 is 0 Å². The molecule has 0 aromatic carbocycles. The first-order valence-corrected chi connectivity index (χ1v) is 5.58. The van der Waals surface area contributed by atoms with E-state index < -0.39 is 0 Å². The fourth-order valence-corrected chi connectivity index (χ4v) is 2.03. The lowest BCUT2D eigenvalue weighted by molar-refractivity contribution is 0.0786. The second-order valence-corrected chi connectivity index (χ2v) is 4.17. The van der Waals surface area contributed by atoms with E-state index in [0.29, 0.717) is 6.61 Å². The maximum atomic E-state index is 11.1. The van der Waals surface area contributed by atoms with Crippen molar-refractivity contribution in [2.75, 3.05) is 39.3 Å². The second-order valence-electron chi connectivity index (χ2n) is 4.17. The number of cyclic esters (lactones) is 1. The van der Waals surface area contributed by atoms with E-state index >= 15 is 0 Å². The highest BCUT2D eigenvalue weighted by Gasteiger charge is 2.23. The zero-order chi connectivity index (χ0) is 10.7. The van der Waals surface area contributed by atoms with E-state index in [1.807, 2.05) is 0 Å². The molecule has 2 aliphatic heterocycles. The van der Waals surface area contributed by atoms with Gasteiger partial charge in [-0.25, -0.2) is 4.79 Å². The number of carbonyl (C=O) groups excluding carboxylic acids is 1. The van der Waals surface area contributed by atoms with Gasteiger partial charge in [0.05, 0.1) is 12.6 Å². The average molecular weight is 214 g/mol. The molecule has 0 saturated carbocycles. The number of nitrogens with zero attached hydrogens (tertiary/aromatic N) is 2. The maximum Gasteiger partial charge on any atom is 0.409 e. The number of ether oxygens (including phenoxy) is 1. The van der Waals surface area contributed by atoms with Crippen molar-refractivity contribution in [2.24, 2.45) is 0 Å². The monoisotopic (exact) mass is 214 g/mol. The third kappa shape index (κ3) is 2.82. The largest absolute Gasteiger partial charge is 0.448 e. The Kier molecular flexibility index (Phi) is 3.43. The Morgan fingerprint density at radius 2 is 2.00 bits per heavy atom. The molecule has 2 fully saturated rings. The Balaban J connectivity index is 1.67. The van der Waals surface area contributed by atoms with Crippen LogP contribution in [-0.2, 0) is 4.74 Å². The fraction of sp³-hybridized carbons (Fsp3) is 0.900. The van der Waals surface area contributed by atoms with Crippen molar-refractivity contribution in [2.45, 2.75) is 18.9 Å². The SMILES string of the molecule is O=C1OCCN1CCN1CCC(O)CC1. The van der Waals surface area contributed by atoms with E-state index in [2.05, 4.69) is 4.90 Å². The molecule has 86 valence electrons. The molecule has 2 aliphatic rings. The molecule has 2 heterocycles. The topological polar surface area (TPSA) is 53.0 Å². The molecular formula is C10H18N2O3. The standard InChI is InChI=1S/C10H18N2O3/c13-9-1-3-11(4-2-9)5-6-12-7-8-15-10(12)14/h9,13H,1-8H2. The Morgan fingerprint density at radius 1 is 1.27 bits per heavy atom. The number of likely N-dealkylation sites (tertiary alicyclic amines) is 1. The Labute approximate surface area is 89.6 Å². The zero-order valence-electron chi connectivity index (χ0n) is 8.89. The molecule has 0 aliphatic carbocycles. The number of amides is 1. The lowest BCUT2D eigenvalue weighted by Crippen LogP contribution is -2.41. The molecule has 2 rings (SSSR count). The van der Waals surface area contributed by atoms with Crippen LogP contribution in [0.2, 0.25) is 0 Å². The number of piperidine rings is 1. The number of aliphatic hydroxyl groups is 1. The van der Waals surface area contributed by atoms with Crippen LogP contribution in [0.15, 0.2) is 0 Å². The predicted octanol–water partition coefficient (Wildman–Crippen LogP) is -0.105. The molecule has 0 spiro atoms. The van der Waals surface area contributed by atoms with Crippen molar-refractivity contribution in [3.8, 4) is 0 Å². The van der Waals surface area contributed by atoms with E-state index in [1.165, 1.54) is 0 Å². The van der Waals surface area contributed by atoms with Gasteiger partial charge in [-0.15, -0.1) is 0 Å². The highest BCUT2D eigenvalue weighted by molar-refractivity contribution is 5.69. The first kappa shape index (κ1) is 10.7. The number of hydrogen-bond donors (Lipinski definition) is 1. The van der Waals surface area contributed by atoms with Crippen LogP contribution in [0.4, 0.5) is 4.79 Å². The minimum absolute atomic E-state index is 0.127. The molecule has 0 radical (unpaired) electrons. The van der Waals surface area contributed by atoms with Crippen molar-refractivity contribution < 1.29 is 14.6 Å². The Hall–Kier alpha value is -0.810. The molecule has 0 aromatic rings. The summed E-state index contributed by atoms with van der Waals surface area (Å²) in [6.07, 6.45) is 1.39. The van der Waals surface area contributed by atoms with Crippen molar-refractivity contribution in [3.63, 3.8) is 0 Å². The number of hydrogen-bond acceptors (Lipinski definition) is 4. The van der Waals surface area contributed by atoms with E-state index in [1.54, 1.807) is 4.90 Å². The van der Waals surface area contributed by atoms with Gasteiger partial charge < -0.3 is 19.6 Å². The first-order valence-electron chi connectivity index (χ1n) is 5.58. The molecule has 2 saturated heterocycles. The summed E-state index contributed by atoms with van der Waals surface area (Å²) in [5.41, 5.74) is 0. The van der Waals surface area contributed by atoms with Crippen LogP contribution in [-0.4, -0.2) is 66.4 Å². The third-order valence-electron chi connectivity index (χ3n) is 3.09. The van der Waals surface area contributed by atoms with Crippen LogP contribution in [0.5, 0.6) is 0 Å². The highest BCUT2D eigenvalue weighted by atomic mass is 16.6. The summed E-state index contributed by atoms with van der Waals surface area (Å²) in [5.74, 6) is 0. The minimum atomic E-state index is -0.188. The molecule has 1 N–H and O–H groups in total. The van der Waals surface area contributed by atoms with Crippen LogP contribution in [0, 0.1) is 0 Å². The summed E-state index contributed by atoms with van der Waals surface area (Å²) in [6, 6.07) is 0. The highest BCUT2D eigenvalue weighted by Crippen LogP contribution is 2.10. The summed E-state index contributed by atoms with van der Waals surface area (Å²) in [4.78, 5) is 15.2. The van der Waals surface area contributed by atoms with E-state index in [-0.39, 0.29) is 12.2 Å². The minimum Gasteiger partial charge on any atom is -0.448 e. The van der Waals surface area contributed by atoms with Gasteiger partial charge in [0.1, 0.15) is 6.61 Å². The van der Waals surface area contributed by atoms with Gasteiger partial charge in [0.2, 0.25) is 0 Å². The van der Waals surface area contributed by atoms with Crippen molar-refractivity contribution in [1.82, 2.24) is 9.80 Å². The van der Waals surface area contributed by atoms with Crippen molar-refractivity contribution in [3.05, 3.63) is 0 Å². The quantitative estimate of drug-likeness (QED) is 0.712. The summed E-state index contributed by atoms with van der Waals surface area (Å²) in [5, 5.41) is 9.34. The lowest BCUT2D eigenvalue weighted by Gasteiger charge is -2.30. The van der Waals surface area contributed by atoms with E-state index in [0.717, 1.165) is 45.6 Å². The summed E-state index contributed by atoms with van der Waals surface area (Å²) < 4.78 is 4.85. The molecule has 0 atom stereocenters. The maximum absolute atomic E-state index is 11.1. The summed E-state index contributed by atoms with van der Waals surface area (Å²) >= 11 is 0. The van der Waals surface area contributed by atoms with Crippen LogP contribution >= 0.6 is 0 Å². The van der Waals surface area contributed by atoms with Gasteiger partial charge >= 0.3 is 6.09 Å². The summed E-state index contributed by atoms with van der Waals surface area (Å²) in [7, 11) is 0. The van der Waals surface area contributed by atoms with E-state index in [4.69, 9.17) is 4.74 Å². The van der Waals surface area contributed by atoms with Crippen molar-refractivity contribution in [1.29, 1.82) is 0 Å². The molecule has 5 nitrogen and oxygen atoms in total. The van der Waals surface area contributed by atoms with Gasteiger partial charge in [0, 0.05) is 26.2 Å². The van der Waals surface area contributed by atoms with Crippen LogP contribution in [0.1, 0.15) is 12.8 Å². The second kappa shape index (κ2) is 4.81. The number of aliphatic hydroxyl groups excluding tert-OH is 1. The van der Waals surface area contributed by atoms with Gasteiger partial charge in [0.25, 0.3) is 0 Å². The van der Waals surface area contributed by atoms with Crippen LogP contribution in [0.25, 0.3) is 0 Å². The van der Waals surface area contributed by atoms with Gasteiger partial charge in [-0.05, 0) is 12.8 Å². The van der Waals surface area contributed by atoms with Gasteiger partial charge in [-0.3, -0.25) is 0 Å². The third-order valence-corrected chi connectivity index (χ3v) is 3.09. The summed E-state index contributed by atoms with van der Waals surface area (Å²) in [6.45, 7) is 4.75. The van der Waals surface area contributed by atoms with E-state index in [9.17, 15) is 9.90 Å². The molecule has 1 amide bonds. The zero-order valence-corrected chi connectivity index (χ0v) is 8.89. The van der Waals surface area contributed by atoms with Gasteiger partial charge in [0.15, 0.2) is 0 Å². The molecule has 15 heavy (non-hydrogen) atoms. The first-order chi connectivity index (χ1) is 7.25. The fourth-order valence-electron chi connectivity index (χ4n) is 2.03. The van der Waals surface area contributed by atoms with Crippen molar-refractivity contribution >= 4 is 6.09 Å². The average Bonchev–Trinajstić information content (AvgIpc) is 2.63. The molecule has 0 bridgehead atoms. The molecule has 0 unspecified atom stereocenters. The predicted molar refractivity (Wildman–Crippen MR) is 54.6 cm³/mol.